The number of para-hydroxylation sites is 1. The van der Waals surface area contributed by atoms with Crippen LogP contribution >= 0.6 is 0 Å². The number of amidine groups is 1. The second kappa shape index (κ2) is 13.1. The van der Waals surface area contributed by atoms with Crippen LogP contribution in [0.2, 0.25) is 0 Å². The third kappa shape index (κ3) is 5.57. The number of rotatable bonds is 6. The molecule has 53 heavy (non-hydrogen) atoms. The van der Waals surface area contributed by atoms with E-state index in [2.05, 4.69) is 187 Å². The Morgan fingerprint density at radius 1 is 0.415 bits per heavy atom. The van der Waals surface area contributed by atoms with Crippen LogP contribution in [0.1, 0.15) is 29.0 Å². The van der Waals surface area contributed by atoms with Gasteiger partial charge in [0.2, 0.25) is 0 Å². The Bertz CT molecular complexity index is 2770. The van der Waals surface area contributed by atoms with Gasteiger partial charge in [-0.05, 0) is 50.2 Å². The summed E-state index contributed by atoms with van der Waals surface area (Å²) in [5.74, 6) is 0.847. The standard InChI is InChI=1S/C49H35N3O/c1-4-14-32(15-5-1)33-26-28-35(29-27-33)38-22-12-23-42-45-43(24-13-25-44(45)53-46(38)42)49-51-47(36-18-8-3-9-19-36)50-48(52-49)41-31-30-37(34-16-6-2-7-17-34)39-20-10-11-21-40(39)41/h1-31,48-49,52H,(H,50,51). The minimum atomic E-state index is -0.345. The summed E-state index contributed by atoms with van der Waals surface area (Å²) in [7, 11) is 0. The Hall–Kier alpha value is -6.75. The van der Waals surface area contributed by atoms with Crippen molar-refractivity contribution in [2.75, 3.05) is 0 Å². The van der Waals surface area contributed by atoms with Gasteiger partial charge in [0, 0.05) is 27.5 Å². The molecule has 0 aliphatic carbocycles. The topological polar surface area (TPSA) is 49.6 Å². The van der Waals surface area contributed by atoms with Gasteiger partial charge in [0.05, 0.1) is 0 Å². The van der Waals surface area contributed by atoms with Crippen LogP contribution in [0.4, 0.5) is 0 Å². The van der Waals surface area contributed by atoms with Crippen LogP contribution in [0.25, 0.3) is 66.1 Å². The zero-order chi connectivity index (χ0) is 35.1. The summed E-state index contributed by atoms with van der Waals surface area (Å²) >= 11 is 0. The van der Waals surface area contributed by atoms with E-state index in [1.807, 2.05) is 12.1 Å². The molecule has 0 amide bonds. The molecule has 0 spiro atoms. The summed E-state index contributed by atoms with van der Waals surface area (Å²) in [4.78, 5) is 5.35. The molecule has 1 aliphatic rings. The first-order valence-electron chi connectivity index (χ1n) is 18.1. The van der Waals surface area contributed by atoms with Crippen LogP contribution < -0.4 is 10.6 Å². The van der Waals surface area contributed by atoms with Crippen molar-refractivity contribution >= 4 is 38.5 Å². The van der Waals surface area contributed by atoms with Crippen molar-refractivity contribution in [1.29, 1.82) is 0 Å². The van der Waals surface area contributed by atoms with Gasteiger partial charge < -0.3 is 9.73 Å². The molecule has 4 nitrogen and oxygen atoms in total. The molecular weight excluding hydrogens is 647 g/mol. The second-order valence-electron chi connectivity index (χ2n) is 13.6. The lowest BCUT2D eigenvalue weighted by molar-refractivity contribution is 0.412. The zero-order valence-corrected chi connectivity index (χ0v) is 28.9. The molecule has 2 N–H and O–H groups in total. The quantitative estimate of drug-likeness (QED) is 0.184. The van der Waals surface area contributed by atoms with E-state index in [-0.39, 0.29) is 12.3 Å². The fourth-order valence-corrected chi connectivity index (χ4v) is 7.87. The van der Waals surface area contributed by atoms with Crippen LogP contribution in [0.5, 0.6) is 0 Å². The van der Waals surface area contributed by atoms with Gasteiger partial charge in [-0.25, -0.2) is 4.99 Å². The number of benzene rings is 8. The van der Waals surface area contributed by atoms with E-state index in [1.165, 1.54) is 38.6 Å². The lowest BCUT2D eigenvalue weighted by Crippen LogP contribution is -2.45. The fourth-order valence-electron chi connectivity index (χ4n) is 7.87. The first kappa shape index (κ1) is 31.0. The van der Waals surface area contributed by atoms with E-state index >= 15 is 0 Å². The molecule has 0 fully saturated rings. The van der Waals surface area contributed by atoms with E-state index < -0.39 is 0 Å². The average Bonchev–Trinajstić information content (AvgIpc) is 3.63. The van der Waals surface area contributed by atoms with Crippen molar-refractivity contribution < 1.29 is 4.42 Å². The summed E-state index contributed by atoms with van der Waals surface area (Å²) in [5, 5.41) is 12.2. The second-order valence-corrected chi connectivity index (χ2v) is 13.6. The molecule has 8 aromatic carbocycles. The van der Waals surface area contributed by atoms with Gasteiger partial charge in [-0.15, -0.1) is 0 Å². The van der Waals surface area contributed by atoms with Crippen molar-refractivity contribution in [3.05, 3.63) is 205 Å². The van der Waals surface area contributed by atoms with E-state index in [1.54, 1.807) is 0 Å². The molecule has 10 rings (SSSR count). The molecule has 0 saturated carbocycles. The highest BCUT2D eigenvalue weighted by Crippen LogP contribution is 2.41. The SMILES string of the molecule is c1ccc(C2=NC(c3cccc4oc5c(-c6ccc(-c7ccccc7)cc6)cccc5c34)NC(c3ccc(-c4ccccc4)c4ccccc34)N2)cc1. The fraction of sp³-hybridized carbons (Fsp3) is 0.0408. The molecule has 0 radical (unpaired) electrons. The molecule has 2 heterocycles. The number of furan rings is 1. The van der Waals surface area contributed by atoms with Gasteiger partial charge in [-0.3, -0.25) is 5.32 Å². The van der Waals surface area contributed by atoms with Gasteiger partial charge in [0.15, 0.2) is 0 Å². The lowest BCUT2D eigenvalue weighted by atomic mass is 9.93. The monoisotopic (exact) mass is 681 g/mol. The van der Waals surface area contributed by atoms with E-state index in [0.717, 1.165) is 50.0 Å². The summed E-state index contributed by atoms with van der Waals surface area (Å²) < 4.78 is 6.73. The molecule has 2 unspecified atom stereocenters. The van der Waals surface area contributed by atoms with E-state index in [9.17, 15) is 0 Å². The van der Waals surface area contributed by atoms with Gasteiger partial charge in [-0.2, -0.15) is 0 Å². The summed E-state index contributed by atoms with van der Waals surface area (Å²) in [6.07, 6.45) is -0.558. The Labute approximate surface area is 308 Å². The number of nitrogens with one attached hydrogen (secondary N) is 2. The Morgan fingerprint density at radius 3 is 1.75 bits per heavy atom. The summed E-state index contributed by atoms with van der Waals surface area (Å²) in [5.41, 5.74) is 12.0. The van der Waals surface area contributed by atoms with Crippen molar-refractivity contribution in [3.8, 4) is 33.4 Å². The van der Waals surface area contributed by atoms with Crippen LogP contribution in [0.15, 0.2) is 197 Å². The molecule has 1 aromatic heterocycles. The molecule has 9 aromatic rings. The van der Waals surface area contributed by atoms with Gasteiger partial charge in [0.25, 0.3) is 0 Å². The number of aliphatic imine (C=N–C) groups is 1. The maximum atomic E-state index is 6.73. The first-order chi connectivity index (χ1) is 26.3. The van der Waals surface area contributed by atoms with Gasteiger partial charge in [-0.1, -0.05) is 182 Å². The molecular formula is C49H35N3O. The van der Waals surface area contributed by atoms with E-state index in [0.29, 0.717) is 0 Å². The van der Waals surface area contributed by atoms with Crippen LogP contribution in [-0.2, 0) is 0 Å². The summed E-state index contributed by atoms with van der Waals surface area (Å²) in [6, 6.07) is 66.2. The predicted molar refractivity (Wildman–Crippen MR) is 219 cm³/mol. The maximum absolute atomic E-state index is 6.73. The highest BCUT2D eigenvalue weighted by Gasteiger charge is 2.29. The third-order valence-corrected chi connectivity index (χ3v) is 10.4. The summed E-state index contributed by atoms with van der Waals surface area (Å²) in [6.45, 7) is 0. The zero-order valence-electron chi connectivity index (χ0n) is 28.9. The Kier molecular flexibility index (Phi) is 7.67. The largest absolute Gasteiger partial charge is 0.455 e. The van der Waals surface area contributed by atoms with Gasteiger partial charge in [0.1, 0.15) is 29.3 Å². The number of fused-ring (bicyclic) bond motifs is 4. The highest BCUT2D eigenvalue weighted by molar-refractivity contribution is 6.11. The molecule has 1 aliphatic heterocycles. The Balaban J connectivity index is 1.09. The van der Waals surface area contributed by atoms with Crippen molar-refractivity contribution in [2.24, 2.45) is 4.99 Å². The Morgan fingerprint density at radius 2 is 1.00 bits per heavy atom. The predicted octanol–water partition coefficient (Wildman–Crippen LogP) is 12.1. The van der Waals surface area contributed by atoms with Crippen molar-refractivity contribution in [3.63, 3.8) is 0 Å². The molecule has 0 saturated heterocycles. The van der Waals surface area contributed by atoms with Gasteiger partial charge >= 0.3 is 0 Å². The maximum Gasteiger partial charge on any atom is 0.143 e. The minimum Gasteiger partial charge on any atom is -0.455 e. The third-order valence-electron chi connectivity index (χ3n) is 10.4. The van der Waals surface area contributed by atoms with Crippen molar-refractivity contribution in [2.45, 2.75) is 12.3 Å². The molecule has 252 valence electrons. The average molecular weight is 682 g/mol. The molecule has 0 bridgehead atoms. The van der Waals surface area contributed by atoms with E-state index in [4.69, 9.17) is 9.41 Å². The molecule has 2 atom stereocenters. The number of hydrogen-bond acceptors (Lipinski definition) is 4. The van der Waals surface area contributed by atoms with Crippen LogP contribution in [-0.4, -0.2) is 5.84 Å². The number of nitrogens with zero attached hydrogens (tertiary/aromatic N) is 1. The van der Waals surface area contributed by atoms with Crippen LogP contribution in [0.3, 0.4) is 0 Å². The number of hydrogen-bond donors (Lipinski definition) is 2. The normalized spacial score (nSPS) is 15.7. The smallest absolute Gasteiger partial charge is 0.143 e. The van der Waals surface area contributed by atoms with Crippen molar-refractivity contribution in [1.82, 2.24) is 10.6 Å². The minimum absolute atomic E-state index is 0.213. The highest BCUT2D eigenvalue weighted by atomic mass is 16.3. The first-order valence-corrected chi connectivity index (χ1v) is 18.1. The lowest BCUT2D eigenvalue weighted by Gasteiger charge is -2.33. The molecule has 4 heteroatoms. The van der Waals surface area contributed by atoms with Crippen LogP contribution in [0, 0.1) is 0 Å².